The summed E-state index contributed by atoms with van der Waals surface area (Å²) in [6.45, 7) is 6.65. The van der Waals surface area contributed by atoms with Crippen molar-refractivity contribution in [2.24, 2.45) is 0 Å². The van der Waals surface area contributed by atoms with Crippen LogP contribution in [-0.4, -0.2) is 57.7 Å². The van der Waals surface area contributed by atoms with Crippen LogP contribution in [-0.2, 0) is 0 Å². The van der Waals surface area contributed by atoms with E-state index in [0.29, 0.717) is 5.95 Å². The number of nitrogens with zero attached hydrogens (tertiary/aromatic N) is 5. The highest BCUT2D eigenvalue weighted by atomic mass is 16.6. The first-order chi connectivity index (χ1) is 7.70. The van der Waals surface area contributed by atoms with Gasteiger partial charge in [0.15, 0.2) is 0 Å². The van der Waals surface area contributed by atoms with E-state index in [-0.39, 0.29) is 5.95 Å². The third kappa shape index (κ3) is 2.11. The number of H-pyrrole nitrogens is 1. The van der Waals surface area contributed by atoms with Gasteiger partial charge in [-0.05, 0) is 16.5 Å². The number of aromatic amines is 1. The molecule has 1 N–H and O–H groups in total. The van der Waals surface area contributed by atoms with Crippen molar-refractivity contribution >= 4 is 11.9 Å². The summed E-state index contributed by atoms with van der Waals surface area (Å²) >= 11 is 0. The SMILES string of the molecule is CCN1CCN(c2n[nH]c([N+](=O)[O-])n2)CC1. The fraction of sp³-hybridized carbons (Fsp3) is 0.750. The normalized spacial score (nSPS) is 17.7. The van der Waals surface area contributed by atoms with Crippen molar-refractivity contribution in [3.63, 3.8) is 0 Å². The third-order valence-corrected chi connectivity index (χ3v) is 2.74. The van der Waals surface area contributed by atoms with Crippen LogP contribution in [0.25, 0.3) is 0 Å². The smallest absolute Gasteiger partial charge is 0.390 e. The molecule has 0 aromatic carbocycles. The molecular weight excluding hydrogens is 212 g/mol. The van der Waals surface area contributed by atoms with E-state index in [1.165, 1.54) is 0 Å². The molecule has 0 radical (unpaired) electrons. The zero-order chi connectivity index (χ0) is 11.5. The highest BCUT2D eigenvalue weighted by Gasteiger charge is 2.23. The zero-order valence-corrected chi connectivity index (χ0v) is 9.09. The van der Waals surface area contributed by atoms with Gasteiger partial charge in [-0.2, -0.15) is 0 Å². The molecular formula is C8H14N6O2. The Bertz CT molecular complexity index is 370. The molecule has 0 spiro atoms. The van der Waals surface area contributed by atoms with Gasteiger partial charge < -0.3 is 19.9 Å². The summed E-state index contributed by atoms with van der Waals surface area (Å²) in [5.41, 5.74) is 0. The lowest BCUT2D eigenvalue weighted by molar-refractivity contribution is -0.394. The molecule has 2 heterocycles. The largest absolute Gasteiger partial charge is 0.455 e. The molecule has 2 rings (SSSR count). The Morgan fingerprint density at radius 1 is 1.44 bits per heavy atom. The van der Waals surface area contributed by atoms with Crippen LogP contribution in [0.15, 0.2) is 0 Å². The van der Waals surface area contributed by atoms with Crippen LogP contribution in [0.1, 0.15) is 6.92 Å². The van der Waals surface area contributed by atoms with Gasteiger partial charge in [0.05, 0.1) is 0 Å². The Hall–Kier alpha value is -1.70. The van der Waals surface area contributed by atoms with Gasteiger partial charge in [0.25, 0.3) is 0 Å². The number of hydrogen-bond donors (Lipinski definition) is 1. The monoisotopic (exact) mass is 226 g/mol. The zero-order valence-electron chi connectivity index (χ0n) is 9.09. The summed E-state index contributed by atoms with van der Waals surface area (Å²) < 4.78 is 0. The first kappa shape index (κ1) is 10.8. The molecule has 0 atom stereocenters. The second kappa shape index (κ2) is 4.44. The Kier molecular flexibility index (Phi) is 3.00. The van der Waals surface area contributed by atoms with E-state index in [1.54, 1.807) is 0 Å². The molecule has 8 nitrogen and oxygen atoms in total. The molecule has 1 saturated heterocycles. The quantitative estimate of drug-likeness (QED) is 0.569. The molecule has 0 amide bonds. The molecule has 8 heteroatoms. The summed E-state index contributed by atoms with van der Waals surface area (Å²) in [4.78, 5) is 18.0. The number of nitrogens with one attached hydrogen (secondary N) is 1. The van der Waals surface area contributed by atoms with Gasteiger partial charge in [0.2, 0.25) is 0 Å². The molecule has 16 heavy (non-hydrogen) atoms. The van der Waals surface area contributed by atoms with Crippen LogP contribution >= 0.6 is 0 Å². The van der Waals surface area contributed by atoms with E-state index >= 15 is 0 Å². The van der Waals surface area contributed by atoms with E-state index in [2.05, 4.69) is 27.0 Å². The van der Waals surface area contributed by atoms with E-state index < -0.39 is 4.92 Å². The summed E-state index contributed by atoms with van der Waals surface area (Å²) in [7, 11) is 0. The minimum atomic E-state index is -0.571. The fourth-order valence-electron chi connectivity index (χ4n) is 1.73. The lowest BCUT2D eigenvalue weighted by Gasteiger charge is -2.32. The van der Waals surface area contributed by atoms with Crippen LogP contribution < -0.4 is 4.90 Å². The second-order valence-corrected chi connectivity index (χ2v) is 3.64. The highest BCUT2D eigenvalue weighted by Crippen LogP contribution is 2.13. The lowest BCUT2D eigenvalue weighted by atomic mass is 10.3. The molecule has 1 fully saturated rings. The van der Waals surface area contributed by atoms with Crippen LogP contribution in [0.5, 0.6) is 0 Å². The Labute approximate surface area is 92.4 Å². The van der Waals surface area contributed by atoms with Crippen molar-refractivity contribution in [1.29, 1.82) is 0 Å². The van der Waals surface area contributed by atoms with Crippen molar-refractivity contribution in [3.8, 4) is 0 Å². The molecule has 0 unspecified atom stereocenters. The number of piperazine rings is 1. The summed E-state index contributed by atoms with van der Waals surface area (Å²) in [6, 6.07) is 0. The molecule has 1 aliphatic rings. The third-order valence-electron chi connectivity index (χ3n) is 2.74. The minimum absolute atomic E-state index is 0.298. The summed E-state index contributed by atoms with van der Waals surface area (Å²) in [5, 5.41) is 16.6. The highest BCUT2D eigenvalue weighted by molar-refractivity contribution is 5.32. The second-order valence-electron chi connectivity index (χ2n) is 3.64. The average molecular weight is 226 g/mol. The molecule has 1 aromatic rings. The number of nitro groups is 1. The topological polar surface area (TPSA) is 91.2 Å². The molecule has 1 aromatic heterocycles. The molecule has 0 aliphatic carbocycles. The molecule has 88 valence electrons. The van der Waals surface area contributed by atoms with Crippen LogP contribution in [0.3, 0.4) is 0 Å². The van der Waals surface area contributed by atoms with Crippen molar-refractivity contribution < 1.29 is 4.92 Å². The summed E-state index contributed by atoms with van der Waals surface area (Å²) in [6.07, 6.45) is 0. The Balaban J connectivity index is 2.00. The van der Waals surface area contributed by atoms with Crippen LogP contribution in [0.4, 0.5) is 11.9 Å². The van der Waals surface area contributed by atoms with E-state index in [4.69, 9.17) is 0 Å². The van der Waals surface area contributed by atoms with E-state index in [9.17, 15) is 10.1 Å². The van der Waals surface area contributed by atoms with Crippen LogP contribution in [0, 0.1) is 10.1 Å². The number of aromatic nitrogens is 3. The maximum atomic E-state index is 10.4. The van der Waals surface area contributed by atoms with Gasteiger partial charge in [0, 0.05) is 26.2 Å². The minimum Gasteiger partial charge on any atom is -0.390 e. The van der Waals surface area contributed by atoms with Crippen molar-refractivity contribution in [1.82, 2.24) is 20.1 Å². The predicted octanol–water partition coefficient (Wildman–Crippen LogP) is -0.145. The molecule has 1 aliphatic heterocycles. The maximum Gasteiger partial charge on any atom is 0.455 e. The van der Waals surface area contributed by atoms with Crippen molar-refractivity contribution in [2.45, 2.75) is 6.92 Å². The van der Waals surface area contributed by atoms with E-state index in [1.807, 2.05) is 4.90 Å². The van der Waals surface area contributed by atoms with Gasteiger partial charge in [-0.25, -0.2) is 0 Å². The standard InChI is InChI=1S/C8H14N6O2/c1-2-12-3-5-13(6-4-12)7-9-8(11-10-7)14(15)16/h2-6H2,1H3,(H,9,10,11). The number of hydrogen-bond acceptors (Lipinski definition) is 6. The predicted molar refractivity (Wildman–Crippen MR) is 57.4 cm³/mol. The first-order valence-corrected chi connectivity index (χ1v) is 5.25. The molecule has 0 bridgehead atoms. The van der Waals surface area contributed by atoms with Crippen molar-refractivity contribution in [2.75, 3.05) is 37.6 Å². The van der Waals surface area contributed by atoms with Gasteiger partial charge in [-0.15, -0.1) is 5.10 Å². The fourth-order valence-corrected chi connectivity index (χ4v) is 1.73. The Morgan fingerprint density at radius 3 is 2.62 bits per heavy atom. The van der Waals surface area contributed by atoms with E-state index in [0.717, 1.165) is 32.7 Å². The maximum absolute atomic E-state index is 10.4. The number of rotatable bonds is 3. The van der Waals surface area contributed by atoms with Crippen LogP contribution in [0.2, 0.25) is 0 Å². The molecule has 0 saturated carbocycles. The van der Waals surface area contributed by atoms with Gasteiger partial charge in [-0.3, -0.25) is 0 Å². The summed E-state index contributed by atoms with van der Waals surface area (Å²) in [5.74, 6) is 0.121. The number of anilines is 1. The van der Waals surface area contributed by atoms with Gasteiger partial charge >= 0.3 is 11.9 Å². The number of likely N-dealkylation sites (N-methyl/N-ethyl adjacent to an activating group) is 1. The first-order valence-electron chi connectivity index (χ1n) is 5.25. The van der Waals surface area contributed by atoms with Gasteiger partial charge in [-0.1, -0.05) is 12.0 Å². The Morgan fingerprint density at radius 2 is 2.12 bits per heavy atom. The average Bonchev–Trinajstić information content (AvgIpc) is 2.78. The lowest BCUT2D eigenvalue weighted by Crippen LogP contribution is -2.46. The van der Waals surface area contributed by atoms with Gasteiger partial charge in [0.1, 0.15) is 0 Å². The van der Waals surface area contributed by atoms with Crippen molar-refractivity contribution in [3.05, 3.63) is 10.1 Å².